The summed E-state index contributed by atoms with van der Waals surface area (Å²) in [4.78, 5) is 18.4. The number of carbonyl (C=O) groups is 1. The zero-order valence-electron chi connectivity index (χ0n) is 13.8. The molecular weight excluding hydrogens is 266 g/mol. The monoisotopic (exact) mass is 293 g/mol. The van der Waals surface area contributed by atoms with Crippen LogP contribution in [0.15, 0.2) is 12.3 Å². The number of pyridine rings is 1. The van der Waals surface area contributed by atoms with Crippen LogP contribution in [0.1, 0.15) is 43.2 Å². The first-order chi connectivity index (χ1) is 9.95. The van der Waals surface area contributed by atoms with Gasteiger partial charge in [-0.25, -0.2) is 0 Å². The molecule has 0 spiro atoms. The maximum absolute atomic E-state index is 12.5. The Labute approximate surface area is 127 Å². The largest absolute Gasteiger partial charge is 0.384 e. The first kappa shape index (κ1) is 17.4. The van der Waals surface area contributed by atoms with Crippen LogP contribution < -0.4 is 5.32 Å². The van der Waals surface area contributed by atoms with E-state index in [1.807, 2.05) is 26.8 Å². The minimum Gasteiger partial charge on any atom is -0.384 e. The Morgan fingerprint density at radius 2 is 2.19 bits per heavy atom. The van der Waals surface area contributed by atoms with Crippen molar-refractivity contribution in [1.82, 2.24) is 9.88 Å². The number of hydrogen-bond acceptors (Lipinski definition) is 4. The average Bonchev–Trinajstić information content (AvgIpc) is 2.44. The van der Waals surface area contributed by atoms with Gasteiger partial charge in [-0.15, -0.1) is 0 Å². The second-order valence-corrected chi connectivity index (χ2v) is 5.44. The molecule has 5 nitrogen and oxygen atoms in total. The van der Waals surface area contributed by atoms with E-state index in [0.29, 0.717) is 18.7 Å². The summed E-state index contributed by atoms with van der Waals surface area (Å²) in [6.07, 6.45) is 2.83. The molecule has 0 saturated carbocycles. The zero-order chi connectivity index (χ0) is 15.8. The second-order valence-electron chi connectivity index (χ2n) is 5.44. The molecule has 0 saturated heterocycles. The van der Waals surface area contributed by atoms with Gasteiger partial charge in [-0.05, 0) is 33.3 Å². The molecule has 0 unspecified atom stereocenters. The molecule has 21 heavy (non-hydrogen) atoms. The highest BCUT2D eigenvalue weighted by Crippen LogP contribution is 2.17. The highest BCUT2D eigenvalue weighted by Gasteiger charge is 2.16. The van der Waals surface area contributed by atoms with Crippen molar-refractivity contribution in [1.29, 1.82) is 0 Å². The molecule has 0 fully saturated rings. The first-order valence-corrected chi connectivity index (χ1v) is 7.53. The first-order valence-electron chi connectivity index (χ1n) is 7.53. The summed E-state index contributed by atoms with van der Waals surface area (Å²) in [5, 5.41) is 3.30. The SMILES string of the molecule is CCCNc1cc(C)ncc1C(=O)N(C)CCOC(C)C. The molecule has 0 atom stereocenters. The third-order valence-corrected chi connectivity index (χ3v) is 3.06. The van der Waals surface area contributed by atoms with Gasteiger partial charge in [-0.2, -0.15) is 0 Å². The molecule has 1 N–H and O–H groups in total. The summed E-state index contributed by atoms with van der Waals surface area (Å²) in [5.41, 5.74) is 2.36. The Hall–Kier alpha value is -1.62. The van der Waals surface area contributed by atoms with Gasteiger partial charge in [0, 0.05) is 32.0 Å². The van der Waals surface area contributed by atoms with Gasteiger partial charge in [0.05, 0.1) is 24.0 Å². The molecule has 1 aromatic heterocycles. The van der Waals surface area contributed by atoms with Gasteiger partial charge < -0.3 is 15.0 Å². The van der Waals surface area contributed by atoms with E-state index in [1.54, 1.807) is 18.1 Å². The summed E-state index contributed by atoms with van der Waals surface area (Å²) in [6.45, 7) is 9.93. The van der Waals surface area contributed by atoms with Gasteiger partial charge in [-0.1, -0.05) is 6.92 Å². The molecule has 1 heterocycles. The predicted octanol–water partition coefficient (Wildman–Crippen LogP) is 2.71. The fraction of sp³-hybridized carbons (Fsp3) is 0.625. The van der Waals surface area contributed by atoms with Crippen molar-refractivity contribution in [2.45, 2.75) is 40.2 Å². The van der Waals surface area contributed by atoms with Crippen LogP contribution in [0.5, 0.6) is 0 Å². The lowest BCUT2D eigenvalue weighted by Gasteiger charge is -2.20. The van der Waals surface area contributed by atoms with Crippen LogP contribution in [0.2, 0.25) is 0 Å². The fourth-order valence-electron chi connectivity index (χ4n) is 1.87. The Balaban J connectivity index is 2.75. The number of amides is 1. The molecule has 1 aromatic rings. The summed E-state index contributed by atoms with van der Waals surface area (Å²) in [5.74, 6) is -0.0338. The van der Waals surface area contributed by atoms with Gasteiger partial charge in [0.15, 0.2) is 0 Å². The molecule has 0 aliphatic heterocycles. The van der Waals surface area contributed by atoms with Gasteiger partial charge >= 0.3 is 0 Å². The number of ether oxygens (including phenoxy) is 1. The van der Waals surface area contributed by atoms with Crippen molar-refractivity contribution in [3.05, 3.63) is 23.5 Å². The molecule has 1 amide bonds. The lowest BCUT2D eigenvalue weighted by atomic mass is 10.2. The van der Waals surface area contributed by atoms with Crippen LogP contribution in [-0.2, 0) is 4.74 Å². The van der Waals surface area contributed by atoms with E-state index in [9.17, 15) is 4.79 Å². The highest BCUT2D eigenvalue weighted by molar-refractivity contribution is 5.99. The van der Waals surface area contributed by atoms with Crippen LogP contribution >= 0.6 is 0 Å². The summed E-state index contributed by atoms with van der Waals surface area (Å²) in [7, 11) is 1.79. The van der Waals surface area contributed by atoms with E-state index in [0.717, 1.165) is 24.3 Å². The van der Waals surface area contributed by atoms with Gasteiger partial charge in [-0.3, -0.25) is 9.78 Å². The molecular formula is C16H27N3O2. The molecule has 0 aliphatic carbocycles. The van der Waals surface area contributed by atoms with E-state index in [2.05, 4.69) is 17.2 Å². The van der Waals surface area contributed by atoms with Crippen molar-refractivity contribution in [3.8, 4) is 0 Å². The van der Waals surface area contributed by atoms with Crippen LogP contribution in [0.25, 0.3) is 0 Å². The van der Waals surface area contributed by atoms with E-state index >= 15 is 0 Å². The van der Waals surface area contributed by atoms with Crippen LogP contribution in [0.4, 0.5) is 5.69 Å². The normalized spacial score (nSPS) is 10.8. The Morgan fingerprint density at radius 1 is 1.48 bits per heavy atom. The Bertz CT molecular complexity index is 461. The fourth-order valence-corrected chi connectivity index (χ4v) is 1.87. The Kier molecular flexibility index (Phi) is 7.15. The highest BCUT2D eigenvalue weighted by atomic mass is 16.5. The number of carbonyl (C=O) groups excluding carboxylic acids is 1. The zero-order valence-corrected chi connectivity index (χ0v) is 13.8. The number of likely N-dealkylation sites (N-methyl/N-ethyl adjacent to an activating group) is 1. The van der Waals surface area contributed by atoms with Gasteiger partial charge in [0.25, 0.3) is 5.91 Å². The number of hydrogen-bond donors (Lipinski definition) is 1. The van der Waals surface area contributed by atoms with E-state index in [4.69, 9.17) is 4.74 Å². The van der Waals surface area contributed by atoms with Crippen molar-refractivity contribution in [2.24, 2.45) is 0 Å². The van der Waals surface area contributed by atoms with E-state index in [-0.39, 0.29) is 12.0 Å². The third-order valence-electron chi connectivity index (χ3n) is 3.06. The number of anilines is 1. The average molecular weight is 293 g/mol. The van der Waals surface area contributed by atoms with E-state index < -0.39 is 0 Å². The molecule has 5 heteroatoms. The van der Waals surface area contributed by atoms with Gasteiger partial charge in [0.2, 0.25) is 0 Å². The van der Waals surface area contributed by atoms with Gasteiger partial charge in [0.1, 0.15) is 0 Å². The minimum absolute atomic E-state index is 0.0338. The third kappa shape index (κ3) is 5.71. The maximum Gasteiger partial charge on any atom is 0.257 e. The van der Waals surface area contributed by atoms with Crippen molar-refractivity contribution in [2.75, 3.05) is 32.1 Å². The summed E-state index contributed by atoms with van der Waals surface area (Å²) in [6, 6.07) is 1.92. The van der Waals surface area contributed by atoms with Crippen LogP contribution in [-0.4, -0.2) is 48.6 Å². The van der Waals surface area contributed by atoms with Crippen LogP contribution in [0, 0.1) is 6.92 Å². The molecule has 0 aromatic carbocycles. The van der Waals surface area contributed by atoms with E-state index in [1.165, 1.54) is 0 Å². The Morgan fingerprint density at radius 3 is 2.81 bits per heavy atom. The molecule has 0 radical (unpaired) electrons. The smallest absolute Gasteiger partial charge is 0.257 e. The molecule has 118 valence electrons. The molecule has 0 bridgehead atoms. The topological polar surface area (TPSA) is 54.5 Å². The molecule has 0 aliphatic rings. The summed E-state index contributed by atoms with van der Waals surface area (Å²) < 4.78 is 5.49. The summed E-state index contributed by atoms with van der Waals surface area (Å²) >= 11 is 0. The van der Waals surface area contributed by atoms with Crippen molar-refractivity contribution < 1.29 is 9.53 Å². The maximum atomic E-state index is 12.5. The number of aryl methyl sites for hydroxylation is 1. The second kappa shape index (κ2) is 8.62. The quantitative estimate of drug-likeness (QED) is 0.800. The lowest BCUT2D eigenvalue weighted by Crippen LogP contribution is -2.31. The minimum atomic E-state index is -0.0338. The lowest BCUT2D eigenvalue weighted by molar-refractivity contribution is 0.0532. The predicted molar refractivity (Wildman–Crippen MR) is 85.8 cm³/mol. The number of nitrogens with one attached hydrogen (secondary N) is 1. The number of aromatic nitrogens is 1. The number of nitrogens with zero attached hydrogens (tertiary/aromatic N) is 2. The standard InChI is InChI=1S/C16H27N3O2/c1-6-7-17-15-10-13(4)18-11-14(15)16(20)19(5)8-9-21-12(2)3/h10-12H,6-9H2,1-5H3,(H,17,18). The molecule has 1 rings (SSSR count). The van der Waals surface area contributed by atoms with Crippen molar-refractivity contribution in [3.63, 3.8) is 0 Å². The van der Waals surface area contributed by atoms with Crippen molar-refractivity contribution >= 4 is 11.6 Å². The van der Waals surface area contributed by atoms with Crippen LogP contribution in [0.3, 0.4) is 0 Å². The number of rotatable bonds is 8.